The number of carbonyl (C=O) groups is 1. The maximum atomic E-state index is 12.2. The molecule has 1 aliphatic heterocycles. The summed E-state index contributed by atoms with van der Waals surface area (Å²) in [6.07, 6.45) is 2.79. The Morgan fingerprint density at radius 1 is 1.11 bits per heavy atom. The molecule has 0 saturated heterocycles. The molecule has 0 saturated carbocycles. The van der Waals surface area contributed by atoms with Crippen molar-refractivity contribution in [1.82, 2.24) is 0 Å². The molecule has 150 valence electrons. The number of nitrogens with zero attached hydrogens (tertiary/aromatic N) is 1. The van der Waals surface area contributed by atoms with Crippen LogP contribution in [0.15, 0.2) is 42.5 Å². The van der Waals surface area contributed by atoms with Gasteiger partial charge in [-0.3, -0.25) is 9.10 Å². The highest BCUT2D eigenvalue weighted by atomic mass is 32.2. The molecule has 2 aromatic rings. The average Bonchev–Trinajstić information content (AvgIpc) is 2.66. The van der Waals surface area contributed by atoms with E-state index in [4.69, 9.17) is 9.47 Å². The number of ether oxygens (including phenoxy) is 2. The van der Waals surface area contributed by atoms with Crippen molar-refractivity contribution < 1.29 is 22.7 Å². The normalized spacial score (nSPS) is 13.6. The van der Waals surface area contributed by atoms with Crippen LogP contribution in [0.25, 0.3) is 0 Å². The summed E-state index contributed by atoms with van der Waals surface area (Å²) in [5.74, 6) is 0.978. The summed E-state index contributed by atoms with van der Waals surface area (Å²) in [6, 6.07) is 12.4. The van der Waals surface area contributed by atoms with Crippen molar-refractivity contribution >= 4 is 27.3 Å². The van der Waals surface area contributed by atoms with Gasteiger partial charge in [0.05, 0.1) is 18.6 Å². The van der Waals surface area contributed by atoms with Crippen molar-refractivity contribution in [1.29, 1.82) is 0 Å². The maximum Gasteiger partial charge on any atom is 0.262 e. The second-order valence-electron chi connectivity index (χ2n) is 6.52. The van der Waals surface area contributed by atoms with E-state index in [0.29, 0.717) is 30.3 Å². The van der Waals surface area contributed by atoms with Crippen LogP contribution in [-0.2, 0) is 21.2 Å². The zero-order valence-corrected chi connectivity index (χ0v) is 16.8. The van der Waals surface area contributed by atoms with Crippen molar-refractivity contribution in [2.45, 2.75) is 19.8 Å². The molecule has 1 amide bonds. The minimum atomic E-state index is -3.35. The monoisotopic (exact) mass is 404 g/mol. The number of sulfonamides is 1. The summed E-state index contributed by atoms with van der Waals surface area (Å²) in [6.45, 7) is 2.79. The number of fused-ring (bicyclic) bond motifs is 1. The lowest BCUT2D eigenvalue weighted by atomic mass is 10.0. The molecule has 28 heavy (non-hydrogen) atoms. The van der Waals surface area contributed by atoms with E-state index < -0.39 is 10.0 Å². The first kappa shape index (κ1) is 20.0. The Kier molecular flexibility index (Phi) is 6.08. The standard InChI is InChI=1S/C20H24N2O5S/c1-3-26-17-8-10-18(11-9-17)27-14-20(23)21-16-7-6-15-5-4-12-22(19(15)13-16)28(2,24)25/h6-11,13H,3-5,12,14H2,1-2H3,(H,21,23). The van der Waals surface area contributed by atoms with Crippen LogP contribution in [0.5, 0.6) is 11.5 Å². The molecule has 0 spiro atoms. The van der Waals surface area contributed by atoms with Gasteiger partial charge in [-0.25, -0.2) is 8.42 Å². The third-order valence-corrected chi connectivity index (χ3v) is 5.53. The average molecular weight is 404 g/mol. The van der Waals surface area contributed by atoms with Gasteiger partial charge in [0.1, 0.15) is 11.5 Å². The van der Waals surface area contributed by atoms with Gasteiger partial charge < -0.3 is 14.8 Å². The SMILES string of the molecule is CCOc1ccc(OCC(=O)Nc2ccc3c(c2)N(S(C)(=O)=O)CCC3)cc1. The Morgan fingerprint density at radius 3 is 2.43 bits per heavy atom. The molecule has 3 rings (SSSR count). The highest BCUT2D eigenvalue weighted by Crippen LogP contribution is 2.31. The van der Waals surface area contributed by atoms with Crippen molar-refractivity contribution in [3.05, 3.63) is 48.0 Å². The molecule has 0 bridgehead atoms. The number of aryl methyl sites for hydroxylation is 1. The smallest absolute Gasteiger partial charge is 0.262 e. The van der Waals surface area contributed by atoms with E-state index in [1.54, 1.807) is 36.4 Å². The topological polar surface area (TPSA) is 84.9 Å². The second-order valence-corrected chi connectivity index (χ2v) is 8.43. The highest BCUT2D eigenvalue weighted by Gasteiger charge is 2.24. The van der Waals surface area contributed by atoms with E-state index in [1.807, 2.05) is 13.0 Å². The lowest BCUT2D eigenvalue weighted by molar-refractivity contribution is -0.118. The molecule has 8 heteroatoms. The number of hydrogen-bond donors (Lipinski definition) is 1. The molecule has 1 N–H and O–H groups in total. The fourth-order valence-corrected chi connectivity index (χ4v) is 4.10. The van der Waals surface area contributed by atoms with Crippen molar-refractivity contribution in [3.8, 4) is 11.5 Å². The zero-order valence-electron chi connectivity index (χ0n) is 16.0. The van der Waals surface area contributed by atoms with Gasteiger partial charge in [-0.15, -0.1) is 0 Å². The number of anilines is 2. The zero-order chi connectivity index (χ0) is 20.1. The molecule has 0 fully saturated rings. The molecule has 1 aliphatic rings. The molecule has 0 aromatic heterocycles. The Hall–Kier alpha value is -2.74. The Balaban J connectivity index is 1.63. The Morgan fingerprint density at radius 2 is 1.79 bits per heavy atom. The van der Waals surface area contributed by atoms with Crippen molar-refractivity contribution in [2.24, 2.45) is 0 Å². The molecule has 0 atom stereocenters. The summed E-state index contributed by atoms with van der Waals surface area (Å²) in [5.41, 5.74) is 2.12. The largest absolute Gasteiger partial charge is 0.494 e. The van der Waals surface area contributed by atoms with E-state index in [9.17, 15) is 13.2 Å². The van der Waals surface area contributed by atoms with Gasteiger partial charge in [0.25, 0.3) is 5.91 Å². The maximum absolute atomic E-state index is 12.2. The predicted octanol–water partition coefficient (Wildman–Crippen LogP) is 2.82. The van der Waals surface area contributed by atoms with Crippen LogP contribution in [0.3, 0.4) is 0 Å². The first-order chi connectivity index (χ1) is 13.4. The van der Waals surface area contributed by atoms with Gasteiger partial charge >= 0.3 is 0 Å². The van der Waals surface area contributed by atoms with E-state index in [0.717, 1.165) is 24.2 Å². The van der Waals surface area contributed by atoms with Crippen LogP contribution >= 0.6 is 0 Å². The molecule has 1 heterocycles. The van der Waals surface area contributed by atoms with Crippen molar-refractivity contribution in [3.63, 3.8) is 0 Å². The van der Waals surface area contributed by atoms with E-state index in [2.05, 4.69) is 5.32 Å². The van der Waals surface area contributed by atoms with Crippen LogP contribution in [0, 0.1) is 0 Å². The first-order valence-electron chi connectivity index (χ1n) is 9.13. The lowest BCUT2D eigenvalue weighted by Gasteiger charge is -2.29. The number of hydrogen-bond acceptors (Lipinski definition) is 5. The summed E-state index contributed by atoms with van der Waals surface area (Å²) >= 11 is 0. The van der Waals surface area contributed by atoms with E-state index in [-0.39, 0.29) is 12.5 Å². The third kappa shape index (κ3) is 4.95. The molecule has 0 radical (unpaired) electrons. The first-order valence-corrected chi connectivity index (χ1v) is 11.0. The molecular weight excluding hydrogens is 380 g/mol. The molecule has 2 aromatic carbocycles. The van der Waals surface area contributed by atoms with Gasteiger partial charge in [0, 0.05) is 12.2 Å². The third-order valence-electron chi connectivity index (χ3n) is 4.35. The molecule has 7 nitrogen and oxygen atoms in total. The van der Waals surface area contributed by atoms with E-state index in [1.165, 1.54) is 10.6 Å². The minimum Gasteiger partial charge on any atom is -0.494 e. The summed E-state index contributed by atoms with van der Waals surface area (Å²) in [5, 5.41) is 2.76. The van der Waals surface area contributed by atoms with Crippen molar-refractivity contribution in [2.75, 3.05) is 35.6 Å². The molecule has 0 aliphatic carbocycles. The second kappa shape index (κ2) is 8.52. The highest BCUT2D eigenvalue weighted by molar-refractivity contribution is 7.92. The van der Waals surface area contributed by atoms with Crippen LogP contribution in [0.4, 0.5) is 11.4 Å². The van der Waals surface area contributed by atoms with Crippen LogP contribution in [-0.4, -0.2) is 40.3 Å². The lowest BCUT2D eigenvalue weighted by Crippen LogP contribution is -2.34. The number of carbonyl (C=O) groups excluding carboxylic acids is 1. The molecule has 0 unspecified atom stereocenters. The quantitative estimate of drug-likeness (QED) is 0.767. The minimum absolute atomic E-state index is 0.152. The number of amides is 1. The van der Waals surface area contributed by atoms with Gasteiger partial charge in [-0.1, -0.05) is 6.07 Å². The van der Waals surface area contributed by atoms with E-state index >= 15 is 0 Å². The van der Waals surface area contributed by atoms with Crippen LogP contribution in [0.1, 0.15) is 18.9 Å². The number of benzene rings is 2. The summed E-state index contributed by atoms with van der Waals surface area (Å²) < 4.78 is 36.3. The number of rotatable bonds is 7. The molecular formula is C20H24N2O5S. The Labute approximate surface area is 165 Å². The van der Waals surface area contributed by atoms with Gasteiger partial charge in [0.2, 0.25) is 10.0 Å². The predicted molar refractivity (Wildman–Crippen MR) is 109 cm³/mol. The van der Waals surface area contributed by atoms with Gasteiger partial charge in [-0.05, 0) is 61.7 Å². The van der Waals surface area contributed by atoms with Gasteiger partial charge in [-0.2, -0.15) is 0 Å². The fourth-order valence-electron chi connectivity index (χ4n) is 3.11. The van der Waals surface area contributed by atoms with Gasteiger partial charge in [0.15, 0.2) is 6.61 Å². The fraction of sp³-hybridized carbons (Fsp3) is 0.350. The van der Waals surface area contributed by atoms with Crippen LogP contribution < -0.4 is 19.1 Å². The summed E-state index contributed by atoms with van der Waals surface area (Å²) in [4.78, 5) is 12.2. The Bertz CT molecular complexity index is 942. The summed E-state index contributed by atoms with van der Waals surface area (Å²) in [7, 11) is -3.35. The van der Waals surface area contributed by atoms with Crippen LogP contribution in [0.2, 0.25) is 0 Å². The number of nitrogens with one attached hydrogen (secondary N) is 1.